The minimum atomic E-state index is -0.280. The van der Waals surface area contributed by atoms with Crippen LogP contribution < -0.4 is 16.2 Å². The second-order valence-corrected chi connectivity index (χ2v) is 8.01. The van der Waals surface area contributed by atoms with Gasteiger partial charge in [-0.05, 0) is 56.7 Å². The Balaban J connectivity index is 1.82. The van der Waals surface area contributed by atoms with Crippen molar-refractivity contribution >= 4 is 29.0 Å². The predicted octanol–water partition coefficient (Wildman–Crippen LogP) is 4.09. The molecule has 0 saturated heterocycles. The van der Waals surface area contributed by atoms with E-state index in [1.54, 1.807) is 44.7 Å². The van der Waals surface area contributed by atoms with Gasteiger partial charge < -0.3 is 14.6 Å². The molecule has 0 amide bonds. The molecular weight excluding hydrogens is 446 g/mol. The summed E-state index contributed by atoms with van der Waals surface area (Å²) in [6, 6.07) is 10.8. The van der Waals surface area contributed by atoms with Crippen molar-refractivity contribution in [3.8, 4) is 11.3 Å². The van der Waals surface area contributed by atoms with Crippen LogP contribution in [0.25, 0.3) is 22.3 Å². The molecule has 9 heteroatoms. The van der Waals surface area contributed by atoms with Crippen LogP contribution in [0.3, 0.4) is 0 Å². The van der Waals surface area contributed by atoms with Crippen molar-refractivity contribution in [2.75, 3.05) is 12.4 Å². The van der Waals surface area contributed by atoms with E-state index in [-0.39, 0.29) is 23.8 Å². The van der Waals surface area contributed by atoms with E-state index in [2.05, 4.69) is 30.6 Å². The number of pyridine rings is 2. The molecule has 2 N–H and O–H groups in total. The maximum Gasteiger partial charge on any atom is 0.320 e. The number of carbonyl (C=O) groups excluding carboxylic acids is 1. The van der Waals surface area contributed by atoms with Gasteiger partial charge in [0.15, 0.2) is 11.3 Å². The molecule has 0 aliphatic rings. The minimum absolute atomic E-state index is 0.0834. The quantitative estimate of drug-likeness (QED) is 0.179. The number of benzene rings is 1. The number of hydrogen-bond donors (Lipinski definition) is 2. The number of rotatable bonds is 7. The van der Waals surface area contributed by atoms with E-state index >= 15 is 0 Å². The van der Waals surface area contributed by atoms with Crippen LogP contribution in [0.15, 0.2) is 69.2 Å². The van der Waals surface area contributed by atoms with Crippen LogP contribution in [0.4, 0.5) is 5.69 Å². The summed E-state index contributed by atoms with van der Waals surface area (Å²) in [6.45, 7) is 5.94. The maximum atomic E-state index is 13.3. The van der Waals surface area contributed by atoms with Crippen LogP contribution in [0.1, 0.15) is 35.3 Å². The van der Waals surface area contributed by atoms with Crippen molar-refractivity contribution in [1.29, 1.82) is 0 Å². The molecule has 1 aromatic carbocycles. The molecule has 1 atom stereocenters. The Morgan fingerprint density at radius 3 is 2.71 bits per heavy atom. The average molecular weight is 472 g/mol. The first-order valence-corrected chi connectivity index (χ1v) is 11.0. The molecule has 0 aliphatic carbocycles. The monoisotopic (exact) mass is 471 g/mol. The lowest BCUT2D eigenvalue weighted by Crippen LogP contribution is -2.26. The molecule has 1 unspecified atom stereocenters. The van der Waals surface area contributed by atoms with Gasteiger partial charge in [0, 0.05) is 42.3 Å². The standard InChI is InChI=1S/C26H25N5O4/c1-15-11-19(17(3)30-21-8-6-10-29-22(21)26(27-4)31-34-14-32)25-20(12-15)23(33)16(2)24(35-25)18-7-5-9-28-13-18/h5-14,17,30H,1-4H3,(H,27,31). The zero-order valence-electron chi connectivity index (χ0n) is 19.8. The second kappa shape index (κ2) is 10.2. The summed E-state index contributed by atoms with van der Waals surface area (Å²) in [5, 5.41) is 3.94. The molecule has 9 nitrogen and oxygen atoms in total. The molecule has 0 saturated carbocycles. The lowest BCUT2D eigenvalue weighted by Gasteiger charge is -2.20. The van der Waals surface area contributed by atoms with Crippen molar-refractivity contribution in [3.63, 3.8) is 0 Å². The number of hydrogen-bond acceptors (Lipinski definition) is 8. The van der Waals surface area contributed by atoms with Crippen LogP contribution in [-0.2, 0) is 9.63 Å². The fourth-order valence-corrected chi connectivity index (χ4v) is 3.96. The molecule has 0 spiro atoms. The third-order valence-corrected chi connectivity index (χ3v) is 5.61. The molecule has 0 aliphatic heterocycles. The minimum Gasteiger partial charge on any atom is -0.455 e. The first-order chi connectivity index (χ1) is 16.9. The number of aryl methyl sites for hydroxylation is 1. The van der Waals surface area contributed by atoms with E-state index in [0.717, 1.165) is 16.7 Å². The first-order valence-electron chi connectivity index (χ1n) is 11.0. The zero-order chi connectivity index (χ0) is 24.9. The van der Waals surface area contributed by atoms with Crippen molar-refractivity contribution in [2.45, 2.75) is 26.8 Å². The number of aliphatic imine (C=N–C) groups is 1. The zero-order valence-corrected chi connectivity index (χ0v) is 19.8. The van der Waals surface area contributed by atoms with Gasteiger partial charge in [-0.25, -0.2) is 0 Å². The summed E-state index contributed by atoms with van der Waals surface area (Å²) in [6.07, 6.45) is 4.96. The summed E-state index contributed by atoms with van der Waals surface area (Å²) < 4.78 is 6.37. The van der Waals surface area contributed by atoms with Crippen LogP contribution in [0.5, 0.6) is 0 Å². The fourth-order valence-electron chi connectivity index (χ4n) is 3.96. The topological polar surface area (TPSA) is 119 Å². The molecule has 4 rings (SSSR count). The SMILES string of the molecule is CN=C(NOC=O)c1ncccc1NC(C)c1cc(C)cc2c(=O)c(C)c(-c3cccnc3)oc12. The summed E-state index contributed by atoms with van der Waals surface area (Å²) >= 11 is 0. The van der Waals surface area contributed by atoms with Gasteiger partial charge in [-0.2, -0.15) is 5.48 Å². The molecule has 0 fully saturated rings. The van der Waals surface area contributed by atoms with E-state index in [1.165, 1.54) is 0 Å². The number of aromatic nitrogens is 2. The maximum absolute atomic E-state index is 13.3. The molecule has 3 aromatic heterocycles. The molecule has 3 heterocycles. The van der Waals surface area contributed by atoms with E-state index in [4.69, 9.17) is 4.42 Å². The smallest absolute Gasteiger partial charge is 0.320 e. The lowest BCUT2D eigenvalue weighted by atomic mass is 9.99. The van der Waals surface area contributed by atoms with Gasteiger partial charge in [0.1, 0.15) is 17.0 Å². The normalized spacial score (nSPS) is 12.3. The number of carbonyl (C=O) groups is 1. The Labute approximate surface area is 201 Å². The molecule has 4 aromatic rings. The molecule has 0 radical (unpaired) electrons. The lowest BCUT2D eigenvalue weighted by molar-refractivity contribution is -0.132. The van der Waals surface area contributed by atoms with E-state index < -0.39 is 0 Å². The van der Waals surface area contributed by atoms with Crippen molar-refractivity contribution < 1.29 is 14.0 Å². The van der Waals surface area contributed by atoms with Crippen LogP contribution in [0, 0.1) is 13.8 Å². The van der Waals surface area contributed by atoms with Crippen molar-refractivity contribution in [2.24, 2.45) is 4.99 Å². The Morgan fingerprint density at radius 1 is 1.20 bits per heavy atom. The highest BCUT2D eigenvalue weighted by Gasteiger charge is 2.20. The summed E-state index contributed by atoms with van der Waals surface area (Å²) in [5.41, 5.74) is 7.02. The fraction of sp³-hybridized carbons (Fsp3) is 0.192. The number of nitrogens with one attached hydrogen (secondary N) is 2. The first kappa shape index (κ1) is 23.6. The molecule has 178 valence electrons. The molecule has 0 bridgehead atoms. The van der Waals surface area contributed by atoms with E-state index in [1.807, 2.05) is 38.1 Å². The second-order valence-electron chi connectivity index (χ2n) is 8.01. The highest BCUT2D eigenvalue weighted by atomic mass is 16.7. The highest BCUT2D eigenvalue weighted by Crippen LogP contribution is 2.32. The summed E-state index contributed by atoms with van der Waals surface area (Å²) in [4.78, 5) is 41.3. The average Bonchev–Trinajstić information content (AvgIpc) is 2.87. The summed E-state index contributed by atoms with van der Waals surface area (Å²) in [7, 11) is 1.56. The number of fused-ring (bicyclic) bond motifs is 1. The van der Waals surface area contributed by atoms with Gasteiger partial charge in [-0.1, -0.05) is 6.07 Å². The molecular formula is C26H25N5O4. The van der Waals surface area contributed by atoms with Gasteiger partial charge in [-0.3, -0.25) is 24.5 Å². The van der Waals surface area contributed by atoms with E-state index in [0.29, 0.717) is 33.7 Å². The third kappa shape index (κ3) is 4.74. The Hall–Kier alpha value is -4.53. The Morgan fingerprint density at radius 2 is 2.00 bits per heavy atom. The van der Waals surface area contributed by atoms with Gasteiger partial charge in [0.2, 0.25) is 0 Å². The Kier molecular flexibility index (Phi) is 6.86. The van der Waals surface area contributed by atoms with Crippen LogP contribution >= 0.6 is 0 Å². The number of hydroxylamine groups is 1. The van der Waals surface area contributed by atoms with Crippen molar-refractivity contribution in [3.05, 3.63) is 87.6 Å². The largest absolute Gasteiger partial charge is 0.455 e. The predicted molar refractivity (Wildman–Crippen MR) is 134 cm³/mol. The molecule has 35 heavy (non-hydrogen) atoms. The third-order valence-electron chi connectivity index (χ3n) is 5.61. The number of amidine groups is 1. The van der Waals surface area contributed by atoms with Crippen LogP contribution in [0.2, 0.25) is 0 Å². The van der Waals surface area contributed by atoms with Crippen molar-refractivity contribution in [1.82, 2.24) is 15.4 Å². The van der Waals surface area contributed by atoms with Crippen LogP contribution in [-0.4, -0.2) is 29.3 Å². The number of nitrogens with zero attached hydrogens (tertiary/aromatic N) is 3. The highest BCUT2D eigenvalue weighted by molar-refractivity contribution is 6.01. The summed E-state index contributed by atoms with van der Waals surface area (Å²) in [5.74, 6) is 0.771. The van der Waals surface area contributed by atoms with Gasteiger partial charge >= 0.3 is 6.47 Å². The van der Waals surface area contributed by atoms with Gasteiger partial charge in [-0.15, -0.1) is 0 Å². The van der Waals surface area contributed by atoms with Gasteiger partial charge in [0.25, 0.3) is 0 Å². The Bertz CT molecular complexity index is 1460. The number of anilines is 1. The van der Waals surface area contributed by atoms with E-state index in [9.17, 15) is 9.59 Å². The van der Waals surface area contributed by atoms with Gasteiger partial charge in [0.05, 0.1) is 17.1 Å².